The summed E-state index contributed by atoms with van der Waals surface area (Å²) in [5.41, 5.74) is -0.303. The van der Waals surface area contributed by atoms with Crippen molar-refractivity contribution >= 4 is 40.8 Å². The molecule has 4 heteroatoms. The van der Waals surface area contributed by atoms with E-state index in [-0.39, 0.29) is 5.54 Å². The molecule has 5 rings (SSSR count). The van der Waals surface area contributed by atoms with Gasteiger partial charge in [0.1, 0.15) is 7.21 Å². The lowest BCUT2D eigenvalue weighted by Crippen LogP contribution is -2.27. The first-order valence-corrected chi connectivity index (χ1v) is 16.4. The first-order valence-electron chi connectivity index (χ1n) is 13.0. The molecule has 0 radical (unpaired) electrons. The zero-order valence-electron chi connectivity index (χ0n) is 22.2. The summed E-state index contributed by atoms with van der Waals surface area (Å²) in [5, 5.41) is 6.05. The van der Waals surface area contributed by atoms with Crippen LogP contribution in [0.15, 0.2) is 161 Å². The van der Waals surface area contributed by atoms with E-state index in [0.29, 0.717) is 0 Å². The zero-order valence-corrected chi connectivity index (χ0v) is 24.0. The molecule has 0 saturated carbocycles. The predicted molar refractivity (Wildman–Crippen MR) is 169 cm³/mol. The second kappa shape index (κ2) is 11.1. The van der Waals surface area contributed by atoms with Crippen molar-refractivity contribution in [1.29, 1.82) is 0 Å². The first kappa shape index (κ1) is 26.2. The molecule has 5 aromatic rings. The molecule has 0 aliphatic rings. The SMILES string of the molecule is CC(C)(C)N=P(N=P(c1ccccc1)(c1ccccc1)c1ccccc1)(c1ccccc1)c1ccccc1. The minimum Gasteiger partial charge on any atom is -0.267 e. The Labute approximate surface area is 227 Å². The number of rotatable bonds is 6. The fourth-order valence-corrected chi connectivity index (χ4v) is 13.9. The lowest BCUT2D eigenvalue weighted by Gasteiger charge is -2.34. The molecule has 2 nitrogen and oxygen atoms in total. The van der Waals surface area contributed by atoms with Crippen LogP contribution in [0.2, 0.25) is 0 Å². The third kappa shape index (κ3) is 5.25. The summed E-state index contributed by atoms with van der Waals surface area (Å²) in [6, 6.07) is 54.1. The summed E-state index contributed by atoms with van der Waals surface area (Å²) in [6.07, 6.45) is 0. The highest BCUT2D eigenvalue weighted by Gasteiger charge is 2.35. The molecule has 0 heterocycles. The summed E-state index contributed by atoms with van der Waals surface area (Å²) >= 11 is 0. The fourth-order valence-electron chi connectivity index (χ4n) is 4.82. The number of hydrogen-bond acceptors (Lipinski definition) is 1. The quantitative estimate of drug-likeness (QED) is 0.200. The first-order chi connectivity index (χ1) is 18.4. The van der Waals surface area contributed by atoms with Gasteiger partial charge in [0.25, 0.3) is 0 Å². The second-order valence-corrected chi connectivity index (χ2v) is 16.2. The lowest BCUT2D eigenvalue weighted by atomic mass is 10.1. The van der Waals surface area contributed by atoms with Crippen molar-refractivity contribution in [2.24, 2.45) is 9.26 Å². The van der Waals surface area contributed by atoms with Crippen LogP contribution in [0.5, 0.6) is 0 Å². The Balaban J connectivity index is 2.08. The summed E-state index contributed by atoms with van der Waals surface area (Å²) in [4.78, 5) is 0. The molecule has 0 saturated heterocycles. The molecule has 0 aliphatic carbocycles. The molecule has 0 unspecified atom stereocenters. The van der Waals surface area contributed by atoms with E-state index in [4.69, 9.17) is 9.26 Å². The van der Waals surface area contributed by atoms with Crippen LogP contribution in [0.4, 0.5) is 0 Å². The molecule has 5 aromatic carbocycles. The Hall–Kier alpha value is -3.44. The van der Waals surface area contributed by atoms with Gasteiger partial charge in [-0.15, -0.1) is 0 Å². The maximum atomic E-state index is 6.23. The molecule has 38 heavy (non-hydrogen) atoms. The van der Waals surface area contributed by atoms with Gasteiger partial charge in [-0.25, -0.2) is 4.52 Å². The maximum absolute atomic E-state index is 6.23. The molecule has 190 valence electrons. The van der Waals surface area contributed by atoms with Gasteiger partial charge < -0.3 is 0 Å². The van der Waals surface area contributed by atoms with E-state index in [9.17, 15) is 0 Å². The van der Waals surface area contributed by atoms with Gasteiger partial charge in [0.05, 0.1) is 12.6 Å². The van der Waals surface area contributed by atoms with Crippen LogP contribution in [0, 0.1) is 0 Å². The third-order valence-corrected chi connectivity index (χ3v) is 14.5. The van der Waals surface area contributed by atoms with Gasteiger partial charge in [-0.2, -0.15) is 0 Å². The van der Waals surface area contributed by atoms with Crippen molar-refractivity contribution in [3.05, 3.63) is 152 Å². The summed E-state index contributed by atoms with van der Waals surface area (Å²) in [6.45, 7) is 6.57. The van der Waals surface area contributed by atoms with Gasteiger partial charge in [-0.05, 0) is 20.8 Å². The summed E-state index contributed by atoms with van der Waals surface area (Å²) in [7, 11) is -5.15. The summed E-state index contributed by atoms with van der Waals surface area (Å²) < 4.78 is 11.9. The minimum absolute atomic E-state index is 0.303. The van der Waals surface area contributed by atoms with Crippen LogP contribution >= 0.6 is 14.3 Å². The van der Waals surface area contributed by atoms with Crippen molar-refractivity contribution < 1.29 is 0 Å². The van der Waals surface area contributed by atoms with Crippen molar-refractivity contribution in [3.8, 4) is 0 Å². The molecular formula is C34H34N2P2. The van der Waals surface area contributed by atoms with Crippen LogP contribution in [-0.4, -0.2) is 5.54 Å². The molecule has 0 N–H and O–H groups in total. The van der Waals surface area contributed by atoms with Crippen molar-refractivity contribution in [2.45, 2.75) is 26.3 Å². The number of nitrogens with zero attached hydrogens (tertiary/aromatic N) is 2. The Morgan fingerprint density at radius 3 is 0.921 bits per heavy atom. The molecule has 0 fully saturated rings. The Kier molecular flexibility index (Phi) is 7.66. The third-order valence-electron chi connectivity index (χ3n) is 6.33. The van der Waals surface area contributed by atoms with Gasteiger partial charge >= 0.3 is 0 Å². The molecule has 0 spiro atoms. The topological polar surface area (TPSA) is 24.7 Å². The van der Waals surface area contributed by atoms with E-state index in [1.165, 1.54) is 26.5 Å². The van der Waals surface area contributed by atoms with Crippen LogP contribution in [0.3, 0.4) is 0 Å². The second-order valence-electron chi connectivity index (χ2n) is 10.3. The largest absolute Gasteiger partial charge is 0.267 e. The number of benzene rings is 5. The standard InChI is InChI=1S/C34H34N2P2/c1-34(2,3)35-38(32-25-15-7-16-26-32,33-27-17-8-18-28-33)36-37(29-19-9-4-10-20-29,30-21-11-5-12-22-30)31-23-13-6-14-24-31/h4-28H,1-3H3. The Bertz CT molecular complexity index is 1430. The fraction of sp³-hybridized carbons (Fsp3) is 0.118. The van der Waals surface area contributed by atoms with Crippen molar-refractivity contribution in [3.63, 3.8) is 0 Å². The minimum atomic E-state index is -2.64. The van der Waals surface area contributed by atoms with Crippen LogP contribution < -0.4 is 26.5 Å². The number of hydrogen-bond donors (Lipinski definition) is 0. The predicted octanol–water partition coefficient (Wildman–Crippen LogP) is 7.73. The van der Waals surface area contributed by atoms with Crippen LogP contribution in [-0.2, 0) is 0 Å². The van der Waals surface area contributed by atoms with Crippen LogP contribution in [0.1, 0.15) is 20.8 Å². The van der Waals surface area contributed by atoms with Crippen molar-refractivity contribution in [1.82, 2.24) is 0 Å². The van der Waals surface area contributed by atoms with E-state index in [1.807, 2.05) is 0 Å². The average Bonchev–Trinajstić information content (AvgIpc) is 2.97. The molecule has 0 atom stereocenters. The lowest BCUT2D eigenvalue weighted by molar-refractivity contribution is 0.591. The molecule has 0 bridgehead atoms. The van der Waals surface area contributed by atoms with Gasteiger partial charge in [0.2, 0.25) is 0 Å². The molecular weight excluding hydrogens is 498 g/mol. The van der Waals surface area contributed by atoms with Gasteiger partial charge in [-0.3, -0.25) is 4.74 Å². The Morgan fingerprint density at radius 2 is 0.658 bits per heavy atom. The highest BCUT2D eigenvalue weighted by Crippen LogP contribution is 2.62. The monoisotopic (exact) mass is 532 g/mol. The maximum Gasteiger partial charge on any atom is 0.130 e. The van der Waals surface area contributed by atoms with Gasteiger partial charge in [0.15, 0.2) is 0 Å². The highest BCUT2D eigenvalue weighted by molar-refractivity contribution is 7.94. The van der Waals surface area contributed by atoms with Gasteiger partial charge in [-0.1, -0.05) is 152 Å². The van der Waals surface area contributed by atoms with Gasteiger partial charge in [0, 0.05) is 26.5 Å². The normalized spacial score (nSPS) is 12.1. The molecule has 0 aromatic heterocycles. The highest BCUT2D eigenvalue weighted by atomic mass is 31.2. The van der Waals surface area contributed by atoms with Crippen molar-refractivity contribution in [2.75, 3.05) is 0 Å². The Morgan fingerprint density at radius 1 is 0.395 bits per heavy atom. The van der Waals surface area contributed by atoms with Crippen LogP contribution in [0.25, 0.3) is 0 Å². The van der Waals surface area contributed by atoms with E-state index in [1.54, 1.807) is 0 Å². The van der Waals surface area contributed by atoms with E-state index >= 15 is 0 Å². The smallest absolute Gasteiger partial charge is 0.130 e. The molecule has 0 amide bonds. The molecule has 0 aliphatic heterocycles. The summed E-state index contributed by atoms with van der Waals surface area (Å²) in [5.74, 6) is 0. The average molecular weight is 533 g/mol. The van der Waals surface area contributed by atoms with E-state index in [2.05, 4.69) is 172 Å². The van der Waals surface area contributed by atoms with E-state index in [0.717, 1.165) is 0 Å². The zero-order chi connectivity index (χ0) is 26.5. The van der Waals surface area contributed by atoms with E-state index < -0.39 is 14.3 Å².